The smallest absolute Gasteiger partial charge is 0.138 e. The van der Waals surface area contributed by atoms with E-state index in [-0.39, 0.29) is 0 Å². The minimum absolute atomic E-state index is 0.910. The zero-order chi connectivity index (χ0) is 31.9. The summed E-state index contributed by atoms with van der Waals surface area (Å²) in [5.74, 6) is 0.941. The molecule has 0 spiro atoms. The average Bonchev–Trinajstić information content (AvgIpc) is 3.66. The standard InChI is InChI=1S/C46H30O2/c1-27-12-3-4-13-32(27)46-28(2)43-38(19-11-21-41(43)48-46)45-36-17-7-5-15-34(36)44(35-16-6-8-18-37(35)45)30-23-22-29-26-42-39(25-31(29)24-30)33-14-9-10-20-40(33)47-42/h3-26H,1-2H3. The highest BCUT2D eigenvalue weighted by molar-refractivity contribution is 6.24. The van der Waals surface area contributed by atoms with Crippen molar-refractivity contribution in [3.8, 4) is 33.6 Å². The van der Waals surface area contributed by atoms with Gasteiger partial charge in [-0.1, -0.05) is 115 Å². The third-order valence-electron chi connectivity index (χ3n) is 10.2. The van der Waals surface area contributed by atoms with Gasteiger partial charge in [0, 0.05) is 27.3 Å². The molecule has 2 aromatic heterocycles. The number of furan rings is 2. The minimum atomic E-state index is 0.910. The number of hydrogen-bond acceptors (Lipinski definition) is 2. The average molecular weight is 615 g/mol. The Balaban J connectivity index is 1.26. The van der Waals surface area contributed by atoms with Gasteiger partial charge in [0.05, 0.1) is 0 Å². The van der Waals surface area contributed by atoms with Gasteiger partial charge >= 0.3 is 0 Å². The number of fused-ring (bicyclic) bond motifs is 7. The van der Waals surface area contributed by atoms with Crippen LogP contribution < -0.4 is 0 Å². The molecule has 2 nitrogen and oxygen atoms in total. The first-order valence-electron chi connectivity index (χ1n) is 16.5. The summed E-state index contributed by atoms with van der Waals surface area (Å²) in [5.41, 5.74) is 11.2. The molecule has 0 amide bonds. The van der Waals surface area contributed by atoms with E-state index in [0.29, 0.717) is 0 Å². The van der Waals surface area contributed by atoms with Crippen LogP contribution in [0.15, 0.2) is 154 Å². The molecule has 10 rings (SSSR count). The van der Waals surface area contributed by atoms with Crippen LogP contribution in [0.3, 0.4) is 0 Å². The lowest BCUT2D eigenvalue weighted by Crippen LogP contribution is -1.92. The van der Waals surface area contributed by atoms with Gasteiger partial charge < -0.3 is 8.83 Å². The first-order valence-corrected chi connectivity index (χ1v) is 16.5. The van der Waals surface area contributed by atoms with Crippen LogP contribution in [0, 0.1) is 13.8 Å². The number of rotatable bonds is 3. The van der Waals surface area contributed by atoms with Crippen molar-refractivity contribution in [3.05, 3.63) is 157 Å². The monoisotopic (exact) mass is 614 g/mol. The molecule has 0 N–H and O–H groups in total. The number of aryl methyl sites for hydroxylation is 2. The molecule has 0 atom stereocenters. The molecular formula is C46H30O2. The molecule has 0 saturated carbocycles. The van der Waals surface area contributed by atoms with Gasteiger partial charge in [0.1, 0.15) is 22.5 Å². The lowest BCUT2D eigenvalue weighted by atomic mass is 9.84. The van der Waals surface area contributed by atoms with Gasteiger partial charge in [-0.2, -0.15) is 0 Å². The SMILES string of the molecule is Cc1ccccc1-c1oc2cccc(-c3c4ccccc4c(-c4ccc5cc6oc7ccccc7c6cc5c4)c4ccccc34)c2c1C. The van der Waals surface area contributed by atoms with E-state index in [4.69, 9.17) is 8.83 Å². The second kappa shape index (κ2) is 10.2. The van der Waals surface area contributed by atoms with E-state index in [9.17, 15) is 0 Å². The molecule has 0 aliphatic carbocycles. The number of hydrogen-bond donors (Lipinski definition) is 0. The van der Waals surface area contributed by atoms with Crippen molar-refractivity contribution in [3.63, 3.8) is 0 Å². The van der Waals surface area contributed by atoms with Crippen molar-refractivity contribution < 1.29 is 8.83 Å². The summed E-state index contributed by atoms with van der Waals surface area (Å²) < 4.78 is 12.8. The van der Waals surface area contributed by atoms with Gasteiger partial charge in [0.25, 0.3) is 0 Å². The van der Waals surface area contributed by atoms with E-state index in [1.165, 1.54) is 71.1 Å². The summed E-state index contributed by atoms with van der Waals surface area (Å²) >= 11 is 0. The number of para-hydroxylation sites is 1. The topological polar surface area (TPSA) is 26.3 Å². The Bertz CT molecular complexity index is 2860. The lowest BCUT2D eigenvalue weighted by Gasteiger charge is -2.18. The molecule has 48 heavy (non-hydrogen) atoms. The van der Waals surface area contributed by atoms with Crippen LogP contribution in [0.4, 0.5) is 0 Å². The van der Waals surface area contributed by atoms with Crippen molar-refractivity contribution in [2.75, 3.05) is 0 Å². The predicted molar refractivity (Wildman–Crippen MR) is 202 cm³/mol. The Morgan fingerprint density at radius 1 is 0.396 bits per heavy atom. The minimum Gasteiger partial charge on any atom is -0.456 e. The highest BCUT2D eigenvalue weighted by Gasteiger charge is 2.22. The normalized spacial score (nSPS) is 12.0. The van der Waals surface area contributed by atoms with E-state index < -0.39 is 0 Å². The molecule has 2 heteroatoms. The van der Waals surface area contributed by atoms with Gasteiger partial charge in [-0.15, -0.1) is 0 Å². The molecule has 0 unspecified atom stereocenters. The fraction of sp³-hybridized carbons (Fsp3) is 0.0435. The van der Waals surface area contributed by atoms with E-state index in [1.54, 1.807) is 0 Å². The third-order valence-corrected chi connectivity index (χ3v) is 10.2. The molecule has 0 aliphatic rings. The highest BCUT2D eigenvalue weighted by atomic mass is 16.3. The maximum absolute atomic E-state index is 6.63. The summed E-state index contributed by atoms with van der Waals surface area (Å²) in [5, 5.41) is 10.8. The molecule has 0 bridgehead atoms. The van der Waals surface area contributed by atoms with Crippen LogP contribution in [-0.2, 0) is 0 Å². The van der Waals surface area contributed by atoms with Crippen LogP contribution in [0.2, 0.25) is 0 Å². The van der Waals surface area contributed by atoms with Gasteiger partial charge in [0.2, 0.25) is 0 Å². The summed E-state index contributed by atoms with van der Waals surface area (Å²) in [6.07, 6.45) is 0. The van der Waals surface area contributed by atoms with E-state index in [0.717, 1.165) is 38.8 Å². The maximum Gasteiger partial charge on any atom is 0.138 e. The van der Waals surface area contributed by atoms with Crippen molar-refractivity contribution in [1.82, 2.24) is 0 Å². The quantitative estimate of drug-likeness (QED) is 0.185. The van der Waals surface area contributed by atoms with Crippen LogP contribution in [-0.4, -0.2) is 0 Å². The first kappa shape index (κ1) is 27.0. The molecular weight excluding hydrogens is 585 g/mol. The zero-order valence-electron chi connectivity index (χ0n) is 26.7. The van der Waals surface area contributed by atoms with Crippen LogP contribution in [0.1, 0.15) is 11.1 Å². The second-order valence-corrected chi connectivity index (χ2v) is 12.9. The molecule has 0 radical (unpaired) electrons. The lowest BCUT2D eigenvalue weighted by molar-refractivity contribution is 0.628. The maximum atomic E-state index is 6.63. The van der Waals surface area contributed by atoms with Crippen molar-refractivity contribution in [2.24, 2.45) is 0 Å². The molecule has 8 aromatic carbocycles. The van der Waals surface area contributed by atoms with Crippen LogP contribution in [0.5, 0.6) is 0 Å². The fourth-order valence-electron chi connectivity index (χ4n) is 7.95. The summed E-state index contributed by atoms with van der Waals surface area (Å²) in [7, 11) is 0. The third kappa shape index (κ3) is 3.87. The molecule has 0 fully saturated rings. The second-order valence-electron chi connectivity index (χ2n) is 12.9. The van der Waals surface area contributed by atoms with E-state index in [1.807, 2.05) is 12.1 Å². The van der Waals surface area contributed by atoms with Crippen LogP contribution >= 0.6 is 0 Å². The molecule has 10 aromatic rings. The molecule has 226 valence electrons. The van der Waals surface area contributed by atoms with Gasteiger partial charge in [-0.05, 0) is 104 Å². The Hall–Kier alpha value is -6.12. The first-order chi connectivity index (χ1) is 23.6. The fourth-order valence-corrected chi connectivity index (χ4v) is 7.95. The van der Waals surface area contributed by atoms with Crippen molar-refractivity contribution in [2.45, 2.75) is 13.8 Å². The molecule has 0 aliphatic heterocycles. The number of benzene rings is 8. The van der Waals surface area contributed by atoms with Crippen molar-refractivity contribution in [1.29, 1.82) is 0 Å². The summed E-state index contributed by atoms with van der Waals surface area (Å²) in [6, 6.07) is 52.3. The van der Waals surface area contributed by atoms with Crippen LogP contribution in [0.25, 0.3) is 98.8 Å². The highest BCUT2D eigenvalue weighted by Crippen LogP contribution is 2.48. The van der Waals surface area contributed by atoms with Gasteiger partial charge in [0.15, 0.2) is 0 Å². The van der Waals surface area contributed by atoms with Crippen molar-refractivity contribution >= 4 is 65.2 Å². The zero-order valence-corrected chi connectivity index (χ0v) is 26.7. The largest absolute Gasteiger partial charge is 0.456 e. The summed E-state index contributed by atoms with van der Waals surface area (Å²) in [4.78, 5) is 0. The van der Waals surface area contributed by atoms with Gasteiger partial charge in [-0.3, -0.25) is 0 Å². The Kier molecular flexibility index (Phi) is 5.74. The van der Waals surface area contributed by atoms with E-state index >= 15 is 0 Å². The molecule has 0 saturated heterocycles. The van der Waals surface area contributed by atoms with E-state index in [2.05, 4.69) is 147 Å². The Morgan fingerprint density at radius 3 is 1.77 bits per heavy atom. The Labute approximate surface area is 277 Å². The summed E-state index contributed by atoms with van der Waals surface area (Å²) in [6.45, 7) is 4.35. The molecule has 2 heterocycles. The van der Waals surface area contributed by atoms with Gasteiger partial charge in [-0.25, -0.2) is 0 Å². The predicted octanol–water partition coefficient (Wildman–Crippen LogP) is 13.4. The Morgan fingerprint density at radius 2 is 1.02 bits per heavy atom.